The smallest absolute Gasteiger partial charge is 0.101 e. The van der Waals surface area contributed by atoms with Crippen LogP contribution in [0.2, 0.25) is 0 Å². The minimum Gasteiger partial charge on any atom is -0.545 e. The molecule has 0 aliphatic carbocycles. The van der Waals surface area contributed by atoms with Crippen molar-refractivity contribution in [1.29, 1.82) is 0 Å². The van der Waals surface area contributed by atoms with Crippen LogP contribution in [-0.2, 0) is 4.79 Å². The average Bonchev–Trinajstić information content (AvgIpc) is 2.30. The fourth-order valence-corrected chi connectivity index (χ4v) is 2.23. The predicted octanol–water partition coefficient (Wildman–Crippen LogP) is -1.22. The maximum Gasteiger partial charge on any atom is 0.101 e. The van der Waals surface area contributed by atoms with E-state index < -0.39 is 5.97 Å². The lowest BCUT2D eigenvalue weighted by molar-refractivity contribution is -0.884. The number of hydrogen-bond acceptors (Lipinski definition) is 4. The lowest BCUT2D eigenvalue weighted by Gasteiger charge is -2.41. The molecule has 1 saturated heterocycles. The third-order valence-electron chi connectivity index (χ3n) is 3.41. The summed E-state index contributed by atoms with van der Waals surface area (Å²) >= 11 is 0. The lowest BCUT2D eigenvalue weighted by atomic mass is 10.2. The van der Waals surface area contributed by atoms with E-state index in [1.54, 1.807) is 13.1 Å². The predicted molar refractivity (Wildman–Crippen MR) is 62.8 cm³/mol. The Balaban J connectivity index is 2.79. The monoisotopic (exact) mass is 242 g/mol. The van der Waals surface area contributed by atoms with Crippen molar-refractivity contribution in [3.05, 3.63) is 11.8 Å². The first-order valence-corrected chi connectivity index (χ1v) is 6.05. The quantitative estimate of drug-likeness (QED) is 0.485. The van der Waals surface area contributed by atoms with Gasteiger partial charge in [-0.2, -0.15) is 0 Å². The largest absolute Gasteiger partial charge is 0.545 e. The maximum absolute atomic E-state index is 10.8. The van der Waals surface area contributed by atoms with Crippen molar-refractivity contribution in [3.63, 3.8) is 0 Å². The van der Waals surface area contributed by atoms with Crippen LogP contribution in [0.3, 0.4) is 0 Å². The minimum absolute atomic E-state index is 0.147. The Morgan fingerprint density at radius 3 is 2.53 bits per heavy atom. The van der Waals surface area contributed by atoms with Gasteiger partial charge in [-0.1, -0.05) is 0 Å². The first-order valence-electron chi connectivity index (χ1n) is 6.05. The number of likely N-dealkylation sites (N-methyl/N-ethyl adjacent to an activating group) is 1. The first kappa shape index (κ1) is 14.2. The molecule has 1 aliphatic rings. The van der Waals surface area contributed by atoms with Crippen LogP contribution in [0.25, 0.3) is 0 Å². The zero-order valence-electron chi connectivity index (χ0n) is 10.7. The van der Waals surface area contributed by atoms with Crippen LogP contribution in [0.5, 0.6) is 0 Å². The molecule has 0 amide bonds. The van der Waals surface area contributed by atoms with Gasteiger partial charge in [0, 0.05) is 31.7 Å². The molecule has 5 nitrogen and oxygen atoms in total. The third kappa shape index (κ3) is 4.11. The molecule has 0 bridgehead atoms. The van der Waals surface area contributed by atoms with Gasteiger partial charge in [0.2, 0.25) is 0 Å². The van der Waals surface area contributed by atoms with Crippen molar-refractivity contribution >= 4 is 5.97 Å². The number of carbonyl (C=O) groups excluding carboxylic acids is 1. The van der Waals surface area contributed by atoms with Crippen LogP contribution in [0, 0.1) is 0 Å². The van der Waals surface area contributed by atoms with Crippen molar-refractivity contribution in [3.8, 4) is 0 Å². The molecule has 0 spiro atoms. The number of nitrogens with zero attached hydrogens (tertiary/aromatic N) is 2. The molecule has 0 radical (unpaired) electrons. The van der Waals surface area contributed by atoms with Gasteiger partial charge in [-0.25, -0.2) is 0 Å². The molecule has 1 aliphatic heterocycles. The molecule has 5 heteroatoms. The van der Waals surface area contributed by atoms with Gasteiger partial charge in [-0.15, -0.1) is 0 Å². The number of piperazine rings is 1. The molecular formula is C12H22N2O3. The number of carbonyl (C=O) groups is 1. The summed E-state index contributed by atoms with van der Waals surface area (Å²) in [5, 5.41) is 19.7. The number of aliphatic hydroxyl groups is 1. The molecule has 0 aromatic carbocycles. The summed E-state index contributed by atoms with van der Waals surface area (Å²) in [6.45, 7) is 6.18. The summed E-state index contributed by atoms with van der Waals surface area (Å²) in [6, 6.07) is 0. The second-order valence-electron chi connectivity index (χ2n) is 4.87. The summed E-state index contributed by atoms with van der Waals surface area (Å²) in [5.74, 6) is -1.11. The molecular weight excluding hydrogens is 220 g/mol. The van der Waals surface area contributed by atoms with Crippen LogP contribution in [0.1, 0.15) is 13.3 Å². The summed E-state index contributed by atoms with van der Waals surface area (Å²) in [7, 11) is 2.06. The molecule has 1 heterocycles. The summed E-state index contributed by atoms with van der Waals surface area (Å²) in [5.41, 5.74) is 0.285. The highest BCUT2D eigenvalue weighted by Gasteiger charge is 2.29. The Hall–Kier alpha value is -0.910. The van der Waals surface area contributed by atoms with E-state index in [4.69, 9.17) is 5.11 Å². The number of hydrogen-bond donors (Lipinski definition) is 1. The van der Waals surface area contributed by atoms with Crippen molar-refractivity contribution < 1.29 is 19.5 Å². The van der Waals surface area contributed by atoms with Crippen molar-refractivity contribution in [2.75, 3.05) is 46.4 Å². The summed E-state index contributed by atoms with van der Waals surface area (Å²) < 4.78 is 0.644. The Kier molecular flexibility index (Phi) is 5.11. The van der Waals surface area contributed by atoms with E-state index >= 15 is 0 Å². The molecule has 0 saturated carbocycles. The normalized spacial score (nSPS) is 21.5. The number of quaternary nitrogens is 1. The van der Waals surface area contributed by atoms with Gasteiger partial charge < -0.3 is 15.0 Å². The molecule has 1 rings (SSSR count). The van der Waals surface area contributed by atoms with Gasteiger partial charge in [-0.05, 0) is 14.0 Å². The van der Waals surface area contributed by atoms with E-state index in [0.717, 1.165) is 32.7 Å². The van der Waals surface area contributed by atoms with Gasteiger partial charge >= 0.3 is 0 Å². The molecule has 0 aromatic rings. The van der Waals surface area contributed by atoms with Crippen LogP contribution < -0.4 is 5.11 Å². The minimum atomic E-state index is -1.11. The average molecular weight is 242 g/mol. The van der Waals surface area contributed by atoms with Gasteiger partial charge in [0.1, 0.15) is 6.20 Å². The Bertz CT molecular complexity index is 289. The number of carboxylic acids is 1. The molecule has 0 unspecified atom stereocenters. The summed E-state index contributed by atoms with van der Waals surface area (Å²) in [4.78, 5) is 13.0. The van der Waals surface area contributed by atoms with E-state index in [1.807, 2.05) is 0 Å². The van der Waals surface area contributed by atoms with E-state index in [2.05, 4.69) is 11.9 Å². The molecule has 98 valence electrons. The first-order chi connectivity index (χ1) is 7.99. The van der Waals surface area contributed by atoms with Gasteiger partial charge in [-0.3, -0.25) is 9.38 Å². The zero-order chi connectivity index (χ0) is 12.9. The Morgan fingerprint density at radius 1 is 1.47 bits per heavy atom. The van der Waals surface area contributed by atoms with E-state index in [-0.39, 0.29) is 12.2 Å². The zero-order valence-corrected chi connectivity index (χ0v) is 10.7. The van der Waals surface area contributed by atoms with Crippen molar-refractivity contribution in [2.24, 2.45) is 0 Å². The third-order valence-corrected chi connectivity index (χ3v) is 3.41. The standard InChI is InChI=1S/C12H22N2O3/c1-11(12(16)17)10-14(6-3-9-15)7-4-13(2)5-8-14/h10,15H,3-9H2,1-2H3. The van der Waals surface area contributed by atoms with Crippen molar-refractivity contribution in [2.45, 2.75) is 13.3 Å². The van der Waals surface area contributed by atoms with Crippen molar-refractivity contribution in [1.82, 2.24) is 4.90 Å². The molecule has 1 fully saturated rings. The number of rotatable bonds is 5. The summed E-state index contributed by atoms with van der Waals surface area (Å²) in [6.07, 6.45) is 2.48. The molecule has 1 N–H and O–H groups in total. The second-order valence-corrected chi connectivity index (χ2v) is 4.87. The fraction of sp³-hybridized carbons (Fsp3) is 0.750. The highest BCUT2D eigenvalue weighted by Crippen LogP contribution is 2.16. The highest BCUT2D eigenvalue weighted by atomic mass is 16.4. The topological polar surface area (TPSA) is 63.6 Å². The SMILES string of the molecule is CC(=C[N+]1(CCCO)CCN(C)CC1)C(=O)[O-]. The van der Waals surface area contributed by atoms with Crippen LogP contribution in [0.4, 0.5) is 0 Å². The molecule has 0 atom stereocenters. The molecule has 0 aromatic heterocycles. The number of carboxylic acid groups (broad SMARTS) is 1. The van der Waals surface area contributed by atoms with Gasteiger partial charge in [0.25, 0.3) is 0 Å². The number of aliphatic hydroxyl groups excluding tert-OH is 1. The molecule has 17 heavy (non-hydrogen) atoms. The van der Waals surface area contributed by atoms with Crippen LogP contribution in [0.15, 0.2) is 11.8 Å². The fourth-order valence-electron chi connectivity index (χ4n) is 2.23. The second kappa shape index (κ2) is 6.14. The van der Waals surface area contributed by atoms with Gasteiger partial charge in [0.05, 0.1) is 25.6 Å². The Labute approximate surface area is 103 Å². The van der Waals surface area contributed by atoms with E-state index in [0.29, 0.717) is 10.9 Å². The maximum atomic E-state index is 10.8. The Morgan fingerprint density at radius 2 is 2.06 bits per heavy atom. The van der Waals surface area contributed by atoms with Gasteiger partial charge in [0.15, 0.2) is 0 Å². The van der Waals surface area contributed by atoms with E-state index in [1.165, 1.54) is 0 Å². The van der Waals surface area contributed by atoms with Crippen LogP contribution in [-0.4, -0.2) is 66.8 Å². The highest BCUT2D eigenvalue weighted by molar-refractivity contribution is 5.83. The lowest BCUT2D eigenvalue weighted by Crippen LogP contribution is -2.56. The van der Waals surface area contributed by atoms with Crippen LogP contribution >= 0.6 is 0 Å². The van der Waals surface area contributed by atoms with E-state index in [9.17, 15) is 9.90 Å². The number of aliphatic carboxylic acids is 1.